The van der Waals surface area contributed by atoms with Gasteiger partial charge in [0.25, 0.3) is 11.5 Å². The number of amides is 2. The van der Waals surface area contributed by atoms with Crippen LogP contribution < -0.4 is 15.8 Å². The number of thiocarbonyl (C=S) groups is 1. The number of pyridine rings is 1. The summed E-state index contributed by atoms with van der Waals surface area (Å²) in [5.41, 5.74) is 0.922. The van der Waals surface area contributed by atoms with E-state index in [0.29, 0.717) is 23.1 Å². The van der Waals surface area contributed by atoms with Gasteiger partial charge in [0.15, 0.2) is 0 Å². The predicted molar refractivity (Wildman–Crippen MR) is 133 cm³/mol. The number of anilines is 1. The van der Waals surface area contributed by atoms with Gasteiger partial charge in [-0.2, -0.15) is 0 Å². The number of nitrogens with one attached hydrogen (secondary N) is 1. The topological polar surface area (TPSA) is 113 Å². The van der Waals surface area contributed by atoms with E-state index in [4.69, 9.17) is 21.9 Å². The fourth-order valence-electron chi connectivity index (χ4n) is 3.87. The van der Waals surface area contributed by atoms with Gasteiger partial charge in [-0.3, -0.25) is 28.5 Å². The molecule has 0 saturated carbocycles. The largest absolute Gasteiger partial charge is 0.466 e. The highest BCUT2D eigenvalue weighted by Gasteiger charge is 2.36. The number of hydrogen-bond donors (Lipinski definition) is 1. The highest BCUT2D eigenvalue weighted by atomic mass is 32.2. The van der Waals surface area contributed by atoms with Crippen LogP contribution in [0.2, 0.25) is 0 Å². The molecular weight excluding hydrogens is 478 g/mol. The van der Waals surface area contributed by atoms with Crippen molar-refractivity contribution < 1.29 is 19.1 Å². The lowest BCUT2D eigenvalue weighted by Gasteiger charge is -2.36. The monoisotopic (exact) mass is 501 g/mol. The molecule has 0 radical (unpaired) electrons. The Bertz CT molecular complexity index is 1300. The molecule has 12 heteroatoms. The van der Waals surface area contributed by atoms with Crippen LogP contribution in [-0.4, -0.2) is 69.2 Å². The smallest absolute Gasteiger partial charge is 0.308 e. The van der Waals surface area contributed by atoms with E-state index >= 15 is 0 Å². The number of thioether (sulfide) groups is 1. The Kier molecular flexibility index (Phi) is 6.71. The van der Waals surface area contributed by atoms with Gasteiger partial charge >= 0.3 is 5.97 Å². The van der Waals surface area contributed by atoms with Gasteiger partial charge in [-0.25, -0.2) is 4.98 Å². The number of fused-ring (bicyclic) bond motifs is 1. The predicted octanol–water partition coefficient (Wildman–Crippen LogP) is 1.09. The summed E-state index contributed by atoms with van der Waals surface area (Å²) in [5.74, 6) is -0.993. The molecule has 178 valence electrons. The van der Waals surface area contributed by atoms with E-state index in [-0.39, 0.29) is 41.1 Å². The van der Waals surface area contributed by atoms with Crippen LogP contribution in [0.15, 0.2) is 28.0 Å². The molecule has 1 unspecified atom stereocenters. The van der Waals surface area contributed by atoms with Crippen molar-refractivity contribution in [1.82, 2.24) is 19.6 Å². The van der Waals surface area contributed by atoms with Gasteiger partial charge in [-0.05, 0) is 31.6 Å². The van der Waals surface area contributed by atoms with Crippen molar-refractivity contribution in [3.8, 4) is 0 Å². The Balaban J connectivity index is 1.92. The molecule has 2 aromatic rings. The summed E-state index contributed by atoms with van der Waals surface area (Å²) in [6.45, 7) is 4.33. The second-order valence-corrected chi connectivity index (χ2v) is 9.46. The summed E-state index contributed by atoms with van der Waals surface area (Å²) in [5, 5.41) is 2.76. The number of ether oxygens (including phenoxy) is 1. The van der Waals surface area contributed by atoms with Gasteiger partial charge in [0.2, 0.25) is 5.91 Å². The molecule has 2 aromatic heterocycles. The van der Waals surface area contributed by atoms with Gasteiger partial charge in [-0.1, -0.05) is 30.0 Å². The van der Waals surface area contributed by atoms with E-state index < -0.39 is 17.6 Å². The zero-order chi connectivity index (χ0) is 24.6. The molecule has 2 aliphatic rings. The minimum Gasteiger partial charge on any atom is -0.466 e. The maximum atomic E-state index is 13.6. The molecule has 2 amide bonds. The van der Waals surface area contributed by atoms with Gasteiger partial charge in [0.05, 0.1) is 23.5 Å². The number of piperazine rings is 1. The minimum atomic E-state index is -0.918. The van der Waals surface area contributed by atoms with Gasteiger partial charge in [0, 0.05) is 26.3 Å². The van der Waals surface area contributed by atoms with Crippen molar-refractivity contribution in [3.63, 3.8) is 0 Å². The van der Waals surface area contributed by atoms with Crippen molar-refractivity contribution in [2.75, 3.05) is 31.6 Å². The molecule has 0 aliphatic carbocycles. The molecule has 0 spiro atoms. The zero-order valence-electron chi connectivity index (χ0n) is 18.9. The first-order valence-electron chi connectivity index (χ1n) is 10.7. The second-order valence-electron chi connectivity index (χ2n) is 7.79. The van der Waals surface area contributed by atoms with E-state index in [0.717, 1.165) is 17.3 Å². The normalized spacial score (nSPS) is 19.8. The molecule has 4 heterocycles. The maximum absolute atomic E-state index is 13.6. The standard InChI is InChI=1S/C22H23N5O5S2/c1-4-32-16(28)11-14-19(29)23-7-9-26(14)18-13(10-15-21(31)25(3)22(33)34-15)20(30)27-8-5-6-12(2)17(27)24-18/h5-6,8,10,14H,4,7,9,11H2,1-3H3,(H,23,29)/b15-10-. The molecule has 4 rings (SSSR count). The van der Waals surface area contributed by atoms with Crippen molar-refractivity contribution >= 4 is 63.6 Å². The number of rotatable bonds is 5. The van der Waals surface area contributed by atoms with Crippen LogP contribution in [0.4, 0.5) is 5.82 Å². The fourth-order valence-corrected chi connectivity index (χ4v) is 5.03. The summed E-state index contributed by atoms with van der Waals surface area (Å²) < 4.78 is 6.83. The Morgan fingerprint density at radius 3 is 2.82 bits per heavy atom. The quantitative estimate of drug-likeness (QED) is 0.365. The highest BCUT2D eigenvalue weighted by Crippen LogP contribution is 2.33. The molecule has 1 N–H and O–H groups in total. The first-order chi connectivity index (χ1) is 16.2. The Labute approximate surface area is 204 Å². The van der Waals surface area contributed by atoms with Crippen LogP contribution in [0.5, 0.6) is 0 Å². The van der Waals surface area contributed by atoms with E-state index in [9.17, 15) is 19.2 Å². The Morgan fingerprint density at radius 1 is 1.38 bits per heavy atom. The second kappa shape index (κ2) is 9.55. The Morgan fingerprint density at radius 2 is 2.15 bits per heavy atom. The molecule has 34 heavy (non-hydrogen) atoms. The number of likely N-dealkylation sites (N-methyl/N-ethyl adjacent to an activating group) is 1. The molecule has 2 fully saturated rings. The number of nitrogens with zero attached hydrogens (tertiary/aromatic N) is 4. The third-order valence-electron chi connectivity index (χ3n) is 5.59. The van der Waals surface area contributed by atoms with Crippen LogP contribution in [0.3, 0.4) is 0 Å². The number of esters is 1. The van der Waals surface area contributed by atoms with E-state index in [1.807, 2.05) is 13.0 Å². The average Bonchev–Trinajstić information content (AvgIpc) is 3.04. The summed E-state index contributed by atoms with van der Waals surface area (Å²) in [4.78, 5) is 59.3. The maximum Gasteiger partial charge on any atom is 0.308 e. The third-order valence-corrected chi connectivity index (χ3v) is 7.08. The lowest BCUT2D eigenvalue weighted by Crippen LogP contribution is -2.57. The van der Waals surface area contributed by atoms with Gasteiger partial charge in [0.1, 0.15) is 21.8 Å². The lowest BCUT2D eigenvalue weighted by atomic mass is 10.1. The fraction of sp³-hybridized carbons (Fsp3) is 0.364. The molecular formula is C22H23N5O5S2. The van der Waals surface area contributed by atoms with E-state index in [2.05, 4.69) is 5.32 Å². The average molecular weight is 502 g/mol. The van der Waals surface area contributed by atoms with Crippen LogP contribution in [0.1, 0.15) is 24.5 Å². The van der Waals surface area contributed by atoms with E-state index in [1.165, 1.54) is 15.4 Å². The summed E-state index contributed by atoms with van der Waals surface area (Å²) in [6, 6.07) is 2.64. The van der Waals surface area contributed by atoms with Crippen molar-refractivity contribution in [1.29, 1.82) is 0 Å². The first kappa shape index (κ1) is 23.9. The summed E-state index contributed by atoms with van der Waals surface area (Å²) in [6.07, 6.45) is 2.87. The summed E-state index contributed by atoms with van der Waals surface area (Å²) >= 11 is 6.31. The van der Waals surface area contributed by atoms with Gasteiger partial charge < -0.3 is 15.0 Å². The van der Waals surface area contributed by atoms with Crippen LogP contribution in [0.25, 0.3) is 11.7 Å². The molecule has 2 aliphatic heterocycles. The Hall–Kier alpha value is -3.25. The number of aryl methyl sites for hydroxylation is 1. The highest BCUT2D eigenvalue weighted by molar-refractivity contribution is 8.26. The molecule has 0 aromatic carbocycles. The van der Waals surface area contributed by atoms with Crippen molar-refractivity contribution in [2.45, 2.75) is 26.3 Å². The lowest BCUT2D eigenvalue weighted by molar-refractivity contribution is -0.145. The minimum absolute atomic E-state index is 0.139. The number of aromatic nitrogens is 2. The van der Waals surface area contributed by atoms with Gasteiger partial charge in [-0.15, -0.1) is 0 Å². The number of carbonyl (C=O) groups is 3. The van der Waals surface area contributed by atoms with Crippen LogP contribution in [-0.2, 0) is 19.1 Å². The molecule has 2 saturated heterocycles. The van der Waals surface area contributed by atoms with Crippen molar-refractivity contribution in [3.05, 3.63) is 44.7 Å². The van der Waals surface area contributed by atoms with Crippen molar-refractivity contribution in [2.24, 2.45) is 0 Å². The van der Waals surface area contributed by atoms with Crippen LogP contribution >= 0.6 is 24.0 Å². The van der Waals surface area contributed by atoms with E-state index in [1.54, 1.807) is 31.1 Å². The molecule has 1 atom stereocenters. The molecule has 0 bridgehead atoms. The van der Waals surface area contributed by atoms with Crippen LogP contribution in [0, 0.1) is 6.92 Å². The SMILES string of the molecule is CCOC(=O)CC1C(=O)NCCN1c1nc2c(C)cccn2c(=O)c1/C=C1\SC(=S)N(C)C1=O. The third kappa shape index (κ3) is 4.30. The zero-order valence-corrected chi connectivity index (χ0v) is 20.5. The number of hydrogen-bond acceptors (Lipinski definition) is 9. The first-order valence-corrected chi connectivity index (χ1v) is 11.9. The number of carbonyl (C=O) groups excluding carboxylic acids is 3. The summed E-state index contributed by atoms with van der Waals surface area (Å²) in [7, 11) is 1.57. The molecule has 10 nitrogen and oxygen atoms in total.